The van der Waals surface area contributed by atoms with E-state index in [9.17, 15) is 22.8 Å². The zero-order valence-corrected chi connectivity index (χ0v) is 18.6. The summed E-state index contributed by atoms with van der Waals surface area (Å²) in [4.78, 5) is 34.9. The zero-order chi connectivity index (χ0) is 22.4. The number of carbonyl (C=O) groups excluding carboxylic acids is 2. The summed E-state index contributed by atoms with van der Waals surface area (Å²) in [6.07, 6.45) is 6.62. The number of amides is 2. The van der Waals surface area contributed by atoms with Crippen molar-refractivity contribution >= 4 is 27.8 Å². The summed E-state index contributed by atoms with van der Waals surface area (Å²) in [5.41, 5.74) is 0. The zero-order valence-electron chi connectivity index (χ0n) is 17.7. The second-order valence-corrected chi connectivity index (χ2v) is 9.57. The van der Waals surface area contributed by atoms with E-state index in [0.29, 0.717) is 19.3 Å². The molecule has 1 fully saturated rings. The number of aliphatic carboxylic acids is 1. The van der Waals surface area contributed by atoms with Gasteiger partial charge >= 0.3 is 5.97 Å². The van der Waals surface area contributed by atoms with E-state index >= 15 is 0 Å². The van der Waals surface area contributed by atoms with Crippen LogP contribution >= 0.6 is 0 Å². The number of carboxylic acids is 1. The molecular formula is C19H36N4O6S. The summed E-state index contributed by atoms with van der Waals surface area (Å²) >= 11 is 0. The molecule has 1 heterocycles. The molecule has 1 atom stereocenters. The van der Waals surface area contributed by atoms with Crippen LogP contribution in [0.2, 0.25) is 0 Å². The van der Waals surface area contributed by atoms with Gasteiger partial charge in [-0.25, -0.2) is 8.42 Å². The van der Waals surface area contributed by atoms with Gasteiger partial charge in [0.2, 0.25) is 21.8 Å². The number of carboxylic acid groups (broad SMARTS) is 1. The van der Waals surface area contributed by atoms with E-state index in [1.165, 1.54) is 12.8 Å². The molecule has 1 aliphatic heterocycles. The van der Waals surface area contributed by atoms with Gasteiger partial charge in [-0.1, -0.05) is 26.2 Å². The number of hydrogen-bond donors (Lipinski definition) is 5. The largest absolute Gasteiger partial charge is 0.480 e. The monoisotopic (exact) mass is 448 g/mol. The molecule has 30 heavy (non-hydrogen) atoms. The van der Waals surface area contributed by atoms with Crippen LogP contribution < -0.4 is 20.7 Å². The molecule has 0 aromatic rings. The quantitative estimate of drug-likeness (QED) is 0.220. The normalized spacial score (nSPS) is 16.0. The van der Waals surface area contributed by atoms with Crippen LogP contribution in [0.5, 0.6) is 0 Å². The van der Waals surface area contributed by atoms with Gasteiger partial charge < -0.3 is 21.1 Å². The summed E-state index contributed by atoms with van der Waals surface area (Å²) in [6, 6.07) is -1.46. The van der Waals surface area contributed by atoms with Crippen molar-refractivity contribution in [2.45, 2.75) is 64.3 Å². The molecule has 2 amide bonds. The van der Waals surface area contributed by atoms with Crippen molar-refractivity contribution in [1.82, 2.24) is 20.7 Å². The standard InChI is InChI=1S/C19H36N4O6S/c1-2-3-12-30(28,29)23-16(19(26)27)13-21-18(25)14-22-17(24)7-5-4-6-15-8-10-20-11-9-15/h15-16,20,23H,2-14H2,1H3,(H,21,25)(H,22,24)(H,26,27)/t16-/m0/s1. The van der Waals surface area contributed by atoms with Crippen LogP contribution in [-0.2, 0) is 24.4 Å². The van der Waals surface area contributed by atoms with Gasteiger partial charge in [-0.3, -0.25) is 14.4 Å². The first-order chi connectivity index (χ1) is 14.2. The maximum atomic E-state index is 11.8. The highest BCUT2D eigenvalue weighted by molar-refractivity contribution is 7.89. The van der Waals surface area contributed by atoms with Gasteiger partial charge in [-0.05, 0) is 44.7 Å². The summed E-state index contributed by atoms with van der Waals surface area (Å²) in [7, 11) is -3.74. The fraction of sp³-hybridized carbons (Fsp3) is 0.842. The van der Waals surface area contributed by atoms with Crippen molar-refractivity contribution in [3.63, 3.8) is 0 Å². The molecule has 0 aromatic heterocycles. The van der Waals surface area contributed by atoms with Gasteiger partial charge in [0.05, 0.1) is 12.3 Å². The van der Waals surface area contributed by atoms with Crippen molar-refractivity contribution in [1.29, 1.82) is 0 Å². The fourth-order valence-electron chi connectivity index (χ4n) is 3.22. The molecule has 1 aliphatic rings. The molecule has 1 rings (SSSR count). The molecule has 1 saturated heterocycles. The highest BCUT2D eigenvalue weighted by atomic mass is 32.2. The Morgan fingerprint density at radius 2 is 1.77 bits per heavy atom. The Morgan fingerprint density at radius 1 is 1.07 bits per heavy atom. The predicted molar refractivity (Wildman–Crippen MR) is 113 cm³/mol. The average molecular weight is 449 g/mol. The SMILES string of the molecule is CCCCS(=O)(=O)N[C@@H](CNC(=O)CNC(=O)CCCCC1CCNCC1)C(=O)O. The van der Waals surface area contributed by atoms with Crippen molar-refractivity contribution in [3.05, 3.63) is 0 Å². The lowest BCUT2D eigenvalue weighted by Crippen LogP contribution is -2.50. The van der Waals surface area contributed by atoms with Crippen molar-refractivity contribution in [2.75, 3.05) is 31.9 Å². The Bertz CT molecular complexity index is 649. The predicted octanol–water partition coefficient (Wildman–Crippen LogP) is -0.0485. The van der Waals surface area contributed by atoms with Crippen LogP contribution in [-0.4, -0.2) is 69.3 Å². The molecule has 10 nitrogen and oxygen atoms in total. The number of nitrogens with one attached hydrogen (secondary N) is 4. The topological polar surface area (TPSA) is 154 Å². The lowest BCUT2D eigenvalue weighted by Gasteiger charge is -2.22. The lowest BCUT2D eigenvalue weighted by molar-refractivity contribution is -0.139. The molecule has 0 radical (unpaired) electrons. The van der Waals surface area contributed by atoms with E-state index in [2.05, 4.69) is 20.7 Å². The Labute approximate surface area is 179 Å². The van der Waals surface area contributed by atoms with Gasteiger partial charge in [0.25, 0.3) is 0 Å². The minimum absolute atomic E-state index is 0.172. The van der Waals surface area contributed by atoms with Crippen LogP contribution in [0.25, 0.3) is 0 Å². The van der Waals surface area contributed by atoms with E-state index in [4.69, 9.17) is 5.11 Å². The second kappa shape index (κ2) is 14.3. The molecule has 0 aliphatic carbocycles. The Hall–Kier alpha value is -1.72. The number of carbonyl (C=O) groups is 3. The average Bonchev–Trinajstić information content (AvgIpc) is 2.71. The van der Waals surface area contributed by atoms with Crippen molar-refractivity contribution in [2.24, 2.45) is 5.92 Å². The van der Waals surface area contributed by atoms with E-state index in [1.807, 2.05) is 6.92 Å². The third-order valence-electron chi connectivity index (χ3n) is 5.06. The summed E-state index contributed by atoms with van der Waals surface area (Å²) in [5.74, 6) is -1.63. The smallest absolute Gasteiger partial charge is 0.323 e. The number of piperidine rings is 1. The second-order valence-electron chi connectivity index (χ2n) is 7.70. The number of hydrogen-bond acceptors (Lipinski definition) is 6. The Morgan fingerprint density at radius 3 is 2.40 bits per heavy atom. The van der Waals surface area contributed by atoms with E-state index in [0.717, 1.165) is 38.3 Å². The lowest BCUT2D eigenvalue weighted by atomic mass is 9.92. The molecule has 5 N–H and O–H groups in total. The van der Waals surface area contributed by atoms with Gasteiger partial charge in [-0.15, -0.1) is 0 Å². The van der Waals surface area contributed by atoms with Crippen LogP contribution in [0.15, 0.2) is 0 Å². The van der Waals surface area contributed by atoms with Crippen molar-refractivity contribution < 1.29 is 27.9 Å². The minimum atomic E-state index is -3.74. The number of sulfonamides is 1. The van der Waals surface area contributed by atoms with Crippen LogP contribution in [0, 0.1) is 5.92 Å². The van der Waals surface area contributed by atoms with Crippen molar-refractivity contribution in [3.8, 4) is 0 Å². The fourth-order valence-corrected chi connectivity index (χ4v) is 4.63. The first-order valence-electron chi connectivity index (χ1n) is 10.7. The molecular weight excluding hydrogens is 412 g/mol. The molecule has 11 heteroatoms. The third kappa shape index (κ3) is 12.1. The van der Waals surface area contributed by atoms with Crippen LogP contribution in [0.4, 0.5) is 0 Å². The summed E-state index contributed by atoms with van der Waals surface area (Å²) < 4.78 is 25.8. The van der Waals surface area contributed by atoms with E-state index in [-0.39, 0.29) is 18.2 Å². The molecule has 0 bridgehead atoms. The first-order valence-corrected chi connectivity index (χ1v) is 12.4. The van der Waals surface area contributed by atoms with Gasteiger partial charge in [0.1, 0.15) is 6.04 Å². The highest BCUT2D eigenvalue weighted by Crippen LogP contribution is 2.19. The van der Waals surface area contributed by atoms with Gasteiger partial charge in [0, 0.05) is 13.0 Å². The maximum Gasteiger partial charge on any atom is 0.323 e. The molecule has 0 spiro atoms. The minimum Gasteiger partial charge on any atom is -0.480 e. The molecule has 0 saturated carbocycles. The molecule has 0 unspecified atom stereocenters. The molecule has 0 aromatic carbocycles. The first kappa shape index (κ1) is 26.3. The van der Waals surface area contributed by atoms with Gasteiger partial charge in [0.15, 0.2) is 0 Å². The third-order valence-corrected chi connectivity index (χ3v) is 6.53. The van der Waals surface area contributed by atoms with Crippen LogP contribution in [0.1, 0.15) is 58.3 Å². The van der Waals surface area contributed by atoms with Gasteiger partial charge in [-0.2, -0.15) is 4.72 Å². The number of unbranched alkanes of at least 4 members (excludes halogenated alkanes) is 2. The molecule has 174 valence electrons. The number of rotatable bonds is 15. The summed E-state index contributed by atoms with van der Waals surface area (Å²) in [5, 5.41) is 17.3. The highest BCUT2D eigenvalue weighted by Gasteiger charge is 2.24. The Kier molecular flexibility index (Phi) is 12.6. The van der Waals surface area contributed by atoms with E-state index < -0.39 is 34.5 Å². The van der Waals surface area contributed by atoms with Crippen LogP contribution in [0.3, 0.4) is 0 Å². The van der Waals surface area contributed by atoms with E-state index in [1.54, 1.807) is 0 Å². The summed E-state index contributed by atoms with van der Waals surface area (Å²) in [6.45, 7) is 3.27. The maximum absolute atomic E-state index is 11.8. The Balaban J connectivity index is 2.21.